The number of hydrogen-bond donors (Lipinski definition) is 0. The highest BCUT2D eigenvalue weighted by atomic mass is 35.5. The molecule has 5 heteroatoms. The molecule has 0 aliphatic rings. The number of likely N-dealkylation sites (N-methyl/N-ethyl adjacent to an activating group) is 1. The number of rotatable bonds is 23. The smallest absolute Gasteiger partial charge is 0.102 e. The number of nitrogens with zero attached hydrogens (tertiary/aromatic N) is 1. The summed E-state index contributed by atoms with van der Waals surface area (Å²) >= 11 is 2.00. The molecular weight excluding hydrogens is 402 g/mol. The van der Waals surface area contributed by atoms with Gasteiger partial charge < -0.3 is 26.4 Å². The Labute approximate surface area is 194 Å². The maximum Gasteiger partial charge on any atom is 0.102 e. The Kier molecular flexibility index (Phi) is 27.1. The molecule has 29 heavy (non-hydrogen) atoms. The van der Waals surface area contributed by atoms with Gasteiger partial charge in [0.05, 0.1) is 47.1 Å². The summed E-state index contributed by atoms with van der Waals surface area (Å²) in [6, 6.07) is 0. The van der Waals surface area contributed by atoms with E-state index >= 15 is 0 Å². The maximum absolute atomic E-state index is 5.77. The van der Waals surface area contributed by atoms with E-state index in [-0.39, 0.29) is 12.4 Å². The van der Waals surface area contributed by atoms with Crippen LogP contribution in [-0.4, -0.2) is 69.6 Å². The van der Waals surface area contributed by atoms with Crippen molar-refractivity contribution in [3.05, 3.63) is 0 Å². The van der Waals surface area contributed by atoms with E-state index in [0.717, 1.165) is 43.2 Å². The molecule has 0 rings (SSSR count). The fourth-order valence-corrected chi connectivity index (χ4v) is 4.17. The van der Waals surface area contributed by atoms with Crippen LogP contribution < -0.4 is 12.4 Å². The fraction of sp³-hybridized carbons (Fsp3) is 1.00. The second kappa shape index (κ2) is 24.8. The Balaban J connectivity index is 0. The largest absolute Gasteiger partial charge is 1.00 e. The van der Waals surface area contributed by atoms with Crippen LogP contribution in [0, 0.1) is 0 Å². The average molecular weight is 454 g/mol. The normalized spacial score (nSPS) is 11.6. The maximum atomic E-state index is 5.77. The van der Waals surface area contributed by atoms with Gasteiger partial charge in [-0.2, -0.15) is 11.8 Å². The van der Waals surface area contributed by atoms with Crippen molar-refractivity contribution in [2.45, 2.75) is 90.9 Å². The number of halogens is 1. The lowest BCUT2D eigenvalue weighted by Gasteiger charge is -2.29. The molecule has 3 nitrogen and oxygen atoms in total. The van der Waals surface area contributed by atoms with Crippen LogP contribution in [0.3, 0.4) is 0 Å². The minimum absolute atomic E-state index is 0. The first-order chi connectivity index (χ1) is 13.6. The third-order valence-electron chi connectivity index (χ3n) is 5.34. The summed E-state index contributed by atoms with van der Waals surface area (Å²) < 4.78 is 12.5. The molecule has 0 atom stereocenters. The molecular formula is C24H52ClNO2S. The van der Waals surface area contributed by atoms with Gasteiger partial charge in [-0.15, -0.1) is 0 Å². The molecule has 178 valence electrons. The van der Waals surface area contributed by atoms with Crippen LogP contribution in [0.15, 0.2) is 0 Å². The summed E-state index contributed by atoms with van der Waals surface area (Å²) in [7, 11) is 4.67. The highest BCUT2D eigenvalue weighted by molar-refractivity contribution is 7.99. The first-order valence-electron chi connectivity index (χ1n) is 12.2. The Hall–Kier alpha value is 0.520. The van der Waals surface area contributed by atoms with Crippen molar-refractivity contribution in [2.75, 3.05) is 65.1 Å². The number of quaternary nitrogens is 1. The van der Waals surface area contributed by atoms with E-state index in [4.69, 9.17) is 9.47 Å². The molecule has 0 N–H and O–H groups in total. The van der Waals surface area contributed by atoms with E-state index in [1.807, 2.05) is 11.8 Å². The van der Waals surface area contributed by atoms with Crippen LogP contribution in [0.5, 0.6) is 0 Å². The van der Waals surface area contributed by atoms with Crippen LogP contribution in [-0.2, 0) is 9.47 Å². The van der Waals surface area contributed by atoms with Crippen LogP contribution >= 0.6 is 11.8 Å². The quantitative estimate of drug-likeness (QED) is 0.174. The lowest BCUT2D eigenvalue weighted by atomic mass is 10.1. The second-order valence-corrected chi connectivity index (χ2v) is 9.98. The predicted molar refractivity (Wildman–Crippen MR) is 128 cm³/mol. The third kappa shape index (κ3) is 26.5. The second-order valence-electron chi connectivity index (χ2n) is 8.76. The third-order valence-corrected chi connectivity index (χ3v) is 6.38. The molecule has 0 bridgehead atoms. The monoisotopic (exact) mass is 453 g/mol. The molecule has 0 aliphatic heterocycles. The minimum atomic E-state index is 0. The molecule has 0 heterocycles. The highest BCUT2D eigenvalue weighted by Gasteiger charge is 2.13. The van der Waals surface area contributed by atoms with Crippen molar-refractivity contribution in [1.82, 2.24) is 0 Å². The summed E-state index contributed by atoms with van der Waals surface area (Å²) in [6.07, 6.45) is 16.7. The van der Waals surface area contributed by atoms with E-state index in [0.29, 0.717) is 0 Å². The van der Waals surface area contributed by atoms with Gasteiger partial charge in [0.15, 0.2) is 0 Å². The van der Waals surface area contributed by atoms with Gasteiger partial charge in [0.2, 0.25) is 0 Å². The Morgan fingerprint density at radius 3 is 1.66 bits per heavy atom. The topological polar surface area (TPSA) is 18.5 Å². The van der Waals surface area contributed by atoms with E-state index in [9.17, 15) is 0 Å². The van der Waals surface area contributed by atoms with Crippen molar-refractivity contribution in [3.63, 3.8) is 0 Å². The van der Waals surface area contributed by atoms with Crippen molar-refractivity contribution in [1.29, 1.82) is 0 Å². The zero-order chi connectivity index (χ0) is 20.8. The molecule has 0 aromatic carbocycles. The van der Waals surface area contributed by atoms with Gasteiger partial charge in [-0.05, 0) is 25.0 Å². The molecule has 0 spiro atoms. The summed E-state index contributed by atoms with van der Waals surface area (Å²) in [5, 5.41) is 0. The average Bonchev–Trinajstić information content (AvgIpc) is 2.67. The van der Waals surface area contributed by atoms with Crippen LogP contribution in [0.2, 0.25) is 0 Å². The Morgan fingerprint density at radius 1 is 0.552 bits per heavy atom. The van der Waals surface area contributed by atoms with Gasteiger partial charge in [-0.25, -0.2) is 0 Å². The van der Waals surface area contributed by atoms with Crippen molar-refractivity contribution in [3.8, 4) is 0 Å². The molecule has 0 amide bonds. The zero-order valence-electron chi connectivity index (χ0n) is 20.2. The van der Waals surface area contributed by atoms with Gasteiger partial charge in [0, 0.05) is 5.75 Å². The lowest BCUT2D eigenvalue weighted by Crippen LogP contribution is -3.00. The first-order valence-corrected chi connectivity index (χ1v) is 13.3. The molecule has 0 fully saturated rings. The Bertz CT molecular complexity index is 307. The summed E-state index contributed by atoms with van der Waals surface area (Å²) in [6.45, 7) is 10.1. The summed E-state index contributed by atoms with van der Waals surface area (Å²) in [4.78, 5) is 0. The SMILES string of the molecule is CCCCCCCCCCCC[N+](C)(C)CCOCCOCCSCCCC.[Cl-]. The molecule has 0 saturated carbocycles. The zero-order valence-corrected chi connectivity index (χ0v) is 21.8. The predicted octanol–water partition coefficient (Wildman–Crippen LogP) is 3.55. The number of thioether (sulfide) groups is 1. The van der Waals surface area contributed by atoms with Gasteiger partial charge in [-0.3, -0.25) is 0 Å². The van der Waals surface area contributed by atoms with E-state index in [1.54, 1.807) is 0 Å². The van der Waals surface area contributed by atoms with Crippen LogP contribution in [0.1, 0.15) is 90.9 Å². The molecule has 0 saturated heterocycles. The van der Waals surface area contributed by atoms with Crippen molar-refractivity contribution in [2.24, 2.45) is 0 Å². The molecule has 0 radical (unpaired) electrons. The van der Waals surface area contributed by atoms with Gasteiger partial charge in [-0.1, -0.05) is 71.6 Å². The Morgan fingerprint density at radius 2 is 1.07 bits per heavy atom. The van der Waals surface area contributed by atoms with Crippen LogP contribution in [0.25, 0.3) is 0 Å². The van der Waals surface area contributed by atoms with Gasteiger partial charge >= 0.3 is 0 Å². The minimum Gasteiger partial charge on any atom is -1.00 e. The summed E-state index contributed by atoms with van der Waals surface area (Å²) in [5.74, 6) is 2.38. The number of unbranched alkanes of at least 4 members (excludes halogenated alkanes) is 10. The van der Waals surface area contributed by atoms with Crippen LogP contribution in [0.4, 0.5) is 0 Å². The van der Waals surface area contributed by atoms with Crippen molar-refractivity contribution < 1.29 is 26.4 Å². The summed E-state index contributed by atoms with van der Waals surface area (Å²) in [5.41, 5.74) is 0. The number of ether oxygens (including phenoxy) is 2. The molecule has 0 aromatic rings. The van der Waals surface area contributed by atoms with E-state index in [2.05, 4.69) is 27.9 Å². The molecule has 0 unspecified atom stereocenters. The fourth-order valence-electron chi connectivity index (χ4n) is 3.24. The molecule has 0 aliphatic carbocycles. The van der Waals surface area contributed by atoms with Crippen molar-refractivity contribution >= 4 is 11.8 Å². The standard InChI is InChI=1S/C24H52NO2S.ClH/c1-5-7-9-10-11-12-13-14-15-16-17-25(3,4)18-19-26-20-21-27-22-24-28-23-8-6-2;/h5-24H2,1-4H3;1H/q+1;/p-1. The number of hydrogen-bond acceptors (Lipinski definition) is 3. The van der Waals surface area contributed by atoms with E-state index < -0.39 is 0 Å². The lowest BCUT2D eigenvalue weighted by molar-refractivity contribution is -0.891. The highest BCUT2D eigenvalue weighted by Crippen LogP contribution is 2.11. The van der Waals surface area contributed by atoms with Gasteiger partial charge in [0.25, 0.3) is 0 Å². The van der Waals surface area contributed by atoms with E-state index in [1.165, 1.54) is 89.3 Å². The molecule has 0 aromatic heterocycles. The first kappa shape index (κ1) is 31.7. The van der Waals surface area contributed by atoms with Gasteiger partial charge in [0.1, 0.15) is 6.54 Å².